The third kappa shape index (κ3) is 4.96. The summed E-state index contributed by atoms with van der Waals surface area (Å²) in [6, 6.07) is 3.52. The van der Waals surface area contributed by atoms with Gasteiger partial charge in [0.05, 0.1) is 5.56 Å². The predicted molar refractivity (Wildman–Crippen MR) is 141 cm³/mol. The van der Waals surface area contributed by atoms with Crippen LogP contribution in [0.1, 0.15) is 25.7 Å². The van der Waals surface area contributed by atoms with Crippen molar-refractivity contribution in [2.45, 2.75) is 31.7 Å². The van der Waals surface area contributed by atoms with Crippen LogP contribution < -0.4 is 10.2 Å². The van der Waals surface area contributed by atoms with Crippen LogP contribution in [0.5, 0.6) is 0 Å². The van der Waals surface area contributed by atoms with Crippen LogP contribution in [-0.2, 0) is 18.9 Å². The zero-order chi connectivity index (χ0) is 25.6. The van der Waals surface area contributed by atoms with E-state index in [1.165, 1.54) is 31.3 Å². The van der Waals surface area contributed by atoms with E-state index < -0.39 is 0 Å². The predicted octanol–water partition coefficient (Wildman–Crippen LogP) is 5.64. The Kier molecular flexibility index (Phi) is 6.75. The topological polar surface area (TPSA) is 107 Å². The van der Waals surface area contributed by atoms with Gasteiger partial charge in [-0.3, -0.25) is 4.90 Å². The number of rotatable bonds is 8. The summed E-state index contributed by atoms with van der Waals surface area (Å²) in [6.45, 7) is 0. The Balaban J connectivity index is 1.33. The highest BCUT2D eigenvalue weighted by atomic mass is 16.5. The highest BCUT2D eigenvalue weighted by molar-refractivity contribution is 5.72. The first-order valence-electron chi connectivity index (χ1n) is 12.4. The molecule has 4 aliphatic rings. The summed E-state index contributed by atoms with van der Waals surface area (Å²) in [5.41, 5.74) is 2.91. The molecule has 0 spiro atoms. The minimum Gasteiger partial charge on any atom is -0.466 e. The van der Waals surface area contributed by atoms with E-state index >= 15 is 0 Å². The fourth-order valence-electron chi connectivity index (χ4n) is 4.46. The smallest absolute Gasteiger partial charge is 0.242 e. The van der Waals surface area contributed by atoms with E-state index in [1.807, 2.05) is 29.2 Å². The molecule has 0 radical (unpaired) electrons. The third-order valence-electron chi connectivity index (χ3n) is 6.25. The van der Waals surface area contributed by atoms with Gasteiger partial charge in [-0.15, -0.1) is 10.2 Å². The molecule has 0 saturated carbocycles. The highest BCUT2D eigenvalue weighted by Crippen LogP contribution is 2.33. The first-order valence-corrected chi connectivity index (χ1v) is 12.4. The van der Waals surface area contributed by atoms with Crippen molar-refractivity contribution >= 4 is 11.8 Å². The molecular formula is C28H26N6O4. The number of aromatic nitrogens is 4. The van der Waals surface area contributed by atoms with Gasteiger partial charge in [-0.05, 0) is 49.5 Å². The molecule has 0 saturated heterocycles. The maximum atomic E-state index is 5.79. The zero-order valence-corrected chi connectivity index (χ0v) is 20.5. The molecule has 1 atom stereocenters. The average Bonchev–Trinajstić information content (AvgIpc) is 3.48. The first-order chi connectivity index (χ1) is 18.9. The third-order valence-corrected chi connectivity index (χ3v) is 6.25. The zero-order valence-electron chi connectivity index (χ0n) is 20.5. The van der Waals surface area contributed by atoms with Crippen LogP contribution in [0.15, 0.2) is 115 Å². The molecule has 6 rings (SSSR count). The molecule has 2 aromatic heterocycles. The molecule has 2 aromatic rings. The second kappa shape index (κ2) is 11.0. The van der Waals surface area contributed by atoms with Gasteiger partial charge in [-0.1, -0.05) is 30.4 Å². The number of pyridine rings is 1. The molecule has 4 heterocycles. The van der Waals surface area contributed by atoms with Crippen molar-refractivity contribution in [2.24, 2.45) is 0 Å². The second-order valence-corrected chi connectivity index (χ2v) is 8.67. The lowest BCUT2D eigenvalue weighted by molar-refractivity contribution is 0.245. The van der Waals surface area contributed by atoms with Crippen molar-refractivity contribution in [3.8, 4) is 11.4 Å². The van der Waals surface area contributed by atoms with Crippen LogP contribution in [-0.4, -0.2) is 26.2 Å². The Hall–Kier alpha value is -4.99. The molecule has 192 valence electrons. The number of nitrogens with zero attached hydrogens (tertiary/aromatic N) is 4. The number of hydrogen-bond acceptors (Lipinski definition) is 9. The number of ether oxygens (including phenoxy) is 4. The summed E-state index contributed by atoms with van der Waals surface area (Å²) in [6.07, 6.45) is 26.9. The molecular weight excluding hydrogens is 484 g/mol. The average molecular weight is 511 g/mol. The molecule has 10 heteroatoms. The summed E-state index contributed by atoms with van der Waals surface area (Å²) in [4.78, 5) is 9.84. The number of hydrogen-bond donors (Lipinski definition) is 2. The van der Waals surface area contributed by atoms with Crippen molar-refractivity contribution in [3.63, 3.8) is 0 Å². The van der Waals surface area contributed by atoms with E-state index in [0.29, 0.717) is 29.2 Å². The second-order valence-electron chi connectivity index (χ2n) is 8.67. The minimum absolute atomic E-state index is 0.277. The molecule has 38 heavy (non-hydrogen) atoms. The maximum absolute atomic E-state index is 5.79. The van der Waals surface area contributed by atoms with E-state index in [-0.39, 0.29) is 6.04 Å². The lowest BCUT2D eigenvalue weighted by Gasteiger charge is -2.27. The van der Waals surface area contributed by atoms with Gasteiger partial charge in [-0.25, -0.2) is 4.98 Å². The van der Waals surface area contributed by atoms with Gasteiger partial charge in [0.15, 0.2) is 17.8 Å². The van der Waals surface area contributed by atoms with Crippen molar-refractivity contribution in [1.29, 1.82) is 0 Å². The fraction of sp³-hybridized carbons (Fsp3) is 0.179. The monoisotopic (exact) mass is 510 g/mol. The van der Waals surface area contributed by atoms with Gasteiger partial charge in [0.1, 0.15) is 43.2 Å². The summed E-state index contributed by atoms with van der Waals surface area (Å²) < 4.78 is 22.3. The summed E-state index contributed by atoms with van der Waals surface area (Å²) in [7, 11) is 0. The standard InChI is InChI=1S/C28H26N6O4/c1-3-8-20(9-4-1)25(23-18-35-14-16-37-23)30-26-22(12-7-13-29-26)27-31-28(33-32-27)34(21-10-5-2-6-11-21)24-19-36-15-17-38-24/h1-3,5,7-8,10,12-19,25H,4,6,9,11H2,(H,29,30)(H,31,32,33). The minimum atomic E-state index is -0.277. The van der Waals surface area contributed by atoms with Crippen molar-refractivity contribution in [1.82, 2.24) is 20.2 Å². The lowest BCUT2D eigenvalue weighted by atomic mass is 9.96. The Morgan fingerprint density at radius 2 is 1.76 bits per heavy atom. The van der Waals surface area contributed by atoms with Crippen LogP contribution in [0.3, 0.4) is 0 Å². The Morgan fingerprint density at radius 3 is 2.50 bits per heavy atom. The van der Waals surface area contributed by atoms with E-state index in [4.69, 9.17) is 18.9 Å². The van der Waals surface area contributed by atoms with Gasteiger partial charge >= 0.3 is 0 Å². The molecule has 1 unspecified atom stereocenters. The van der Waals surface area contributed by atoms with E-state index in [1.54, 1.807) is 12.5 Å². The molecule has 0 fully saturated rings. The van der Waals surface area contributed by atoms with Crippen LogP contribution in [0.25, 0.3) is 11.4 Å². The normalized spacial score (nSPS) is 18.5. The van der Waals surface area contributed by atoms with E-state index in [0.717, 1.165) is 42.5 Å². The van der Waals surface area contributed by atoms with Crippen molar-refractivity contribution in [2.75, 3.05) is 10.2 Å². The van der Waals surface area contributed by atoms with Gasteiger partial charge in [-0.2, -0.15) is 0 Å². The van der Waals surface area contributed by atoms with Gasteiger partial charge < -0.3 is 29.2 Å². The number of aromatic amines is 1. The molecule has 0 amide bonds. The van der Waals surface area contributed by atoms with Gasteiger partial charge in [0, 0.05) is 11.9 Å². The Morgan fingerprint density at radius 1 is 0.921 bits per heavy atom. The fourth-order valence-corrected chi connectivity index (χ4v) is 4.46. The number of nitrogens with one attached hydrogen (secondary N) is 2. The molecule has 2 N–H and O–H groups in total. The summed E-state index contributed by atoms with van der Waals surface area (Å²) in [5.74, 6) is 2.79. The SMILES string of the molecule is C1=CCCC(C(Nc2ncccc2-c2nnc(N(C3=CC=CCC3)C3=COC=CO3)[nH]2)C2=COC=CO2)=C1. The number of allylic oxidation sites excluding steroid dienone is 7. The van der Waals surface area contributed by atoms with Crippen LogP contribution >= 0.6 is 0 Å². The number of H-pyrrole nitrogens is 1. The first kappa shape index (κ1) is 23.4. The highest BCUT2D eigenvalue weighted by Gasteiger charge is 2.27. The van der Waals surface area contributed by atoms with Crippen molar-refractivity contribution < 1.29 is 18.9 Å². The Labute approximate surface area is 219 Å². The lowest BCUT2D eigenvalue weighted by Crippen LogP contribution is -2.27. The number of anilines is 2. The van der Waals surface area contributed by atoms with E-state index in [2.05, 4.69) is 49.8 Å². The van der Waals surface area contributed by atoms with E-state index in [9.17, 15) is 0 Å². The van der Waals surface area contributed by atoms with Gasteiger partial charge in [0.2, 0.25) is 11.8 Å². The molecule has 0 aromatic carbocycles. The summed E-state index contributed by atoms with van der Waals surface area (Å²) >= 11 is 0. The van der Waals surface area contributed by atoms with Crippen LogP contribution in [0, 0.1) is 0 Å². The van der Waals surface area contributed by atoms with Crippen molar-refractivity contribution in [3.05, 3.63) is 115 Å². The van der Waals surface area contributed by atoms with Crippen LogP contribution in [0.2, 0.25) is 0 Å². The summed E-state index contributed by atoms with van der Waals surface area (Å²) in [5, 5.41) is 12.5. The molecule has 10 nitrogen and oxygen atoms in total. The Bertz CT molecular complexity index is 1430. The largest absolute Gasteiger partial charge is 0.466 e. The molecule has 2 aliphatic heterocycles. The molecule has 0 bridgehead atoms. The quantitative estimate of drug-likeness (QED) is 0.466. The maximum Gasteiger partial charge on any atom is 0.242 e. The van der Waals surface area contributed by atoms with Crippen LogP contribution in [0.4, 0.5) is 11.8 Å². The van der Waals surface area contributed by atoms with Gasteiger partial charge in [0.25, 0.3) is 0 Å². The molecule has 2 aliphatic carbocycles.